The van der Waals surface area contributed by atoms with Crippen LogP contribution in [0.5, 0.6) is 0 Å². The summed E-state index contributed by atoms with van der Waals surface area (Å²) < 4.78 is 6.57. The Hall–Kier alpha value is -2.17. The van der Waals surface area contributed by atoms with Gasteiger partial charge in [-0.1, -0.05) is 36.4 Å². The molecule has 2 aromatic carbocycles. The number of nitrogens with zero attached hydrogens (tertiary/aromatic N) is 1. The van der Waals surface area contributed by atoms with Gasteiger partial charge in [0.2, 0.25) is 0 Å². The number of ether oxygens (including phenoxy) is 1. The molecular formula is C25H31NO3. The number of rotatable bonds is 2. The number of carbonyl (C=O) groups is 1. The van der Waals surface area contributed by atoms with E-state index in [-0.39, 0.29) is 23.7 Å². The van der Waals surface area contributed by atoms with E-state index in [1.54, 1.807) is 0 Å². The van der Waals surface area contributed by atoms with Gasteiger partial charge >= 0.3 is 0 Å². The molecule has 1 spiro atoms. The highest BCUT2D eigenvalue weighted by Crippen LogP contribution is 2.43. The molecule has 0 saturated carbocycles. The Morgan fingerprint density at radius 3 is 2.38 bits per heavy atom. The van der Waals surface area contributed by atoms with Crippen molar-refractivity contribution in [1.29, 1.82) is 0 Å². The second-order valence-corrected chi connectivity index (χ2v) is 8.84. The van der Waals surface area contributed by atoms with Crippen LogP contribution in [0, 0.1) is 20.8 Å². The minimum Gasteiger partial charge on any atom is -0.393 e. The number of benzene rings is 2. The molecule has 2 aliphatic rings. The van der Waals surface area contributed by atoms with Crippen LogP contribution in [0.1, 0.15) is 64.4 Å². The van der Waals surface area contributed by atoms with Gasteiger partial charge in [-0.3, -0.25) is 4.79 Å². The average molecular weight is 394 g/mol. The molecule has 0 aromatic heterocycles. The Bertz CT molecular complexity index is 884. The van der Waals surface area contributed by atoms with Gasteiger partial charge in [-0.2, -0.15) is 0 Å². The fraction of sp³-hybridized carbons (Fsp3) is 0.480. The SMILES string of the molecule is Cc1cc(C)c(C(=O)N2CCC3(CC2)C[C@H](O)C[C@H](c2ccccc2)O3)cc1C. The van der Waals surface area contributed by atoms with Gasteiger partial charge in [0, 0.05) is 31.5 Å². The summed E-state index contributed by atoms with van der Waals surface area (Å²) >= 11 is 0. The maximum absolute atomic E-state index is 13.1. The van der Waals surface area contributed by atoms with Gasteiger partial charge in [0.1, 0.15) is 0 Å². The summed E-state index contributed by atoms with van der Waals surface area (Å²) in [6.45, 7) is 7.48. The molecule has 2 atom stereocenters. The van der Waals surface area contributed by atoms with E-state index in [0.29, 0.717) is 25.9 Å². The summed E-state index contributed by atoms with van der Waals surface area (Å²) in [7, 11) is 0. The molecule has 0 aliphatic carbocycles. The Labute approximate surface area is 173 Å². The van der Waals surface area contributed by atoms with Crippen molar-refractivity contribution in [2.24, 2.45) is 0 Å². The Morgan fingerprint density at radius 2 is 1.69 bits per heavy atom. The summed E-state index contributed by atoms with van der Waals surface area (Å²) in [6.07, 6.45) is 2.38. The van der Waals surface area contributed by atoms with Gasteiger partial charge in [-0.25, -0.2) is 0 Å². The van der Waals surface area contributed by atoms with Crippen LogP contribution in [0.2, 0.25) is 0 Å². The molecule has 0 unspecified atom stereocenters. The third kappa shape index (κ3) is 4.10. The fourth-order valence-electron chi connectivity index (χ4n) is 4.83. The van der Waals surface area contributed by atoms with Crippen LogP contribution in [0.3, 0.4) is 0 Å². The second-order valence-electron chi connectivity index (χ2n) is 8.84. The largest absolute Gasteiger partial charge is 0.393 e. The van der Waals surface area contributed by atoms with E-state index in [9.17, 15) is 9.90 Å². The van der Waals surface area contributed by atoms with Crippen molar-refractivity contribution in [2.45, 2.75) is 64.3 Å². The quantitative estimate of drug-likeness (QED) is 0.817. The first-order chi connectivity index (χ1) is 13.9. The molecule has 0 bridgehead atoms. The summed E-state index contributed by atoms with van der Waals surface area (Å²) in [6, 6.07) is 14.3. The molecule has 2 aliphatic heterocycles. The molecule has 2 saturated heterocycles. The minimum absolute atomic E-state index is 0.0794. The standard InChI is InChI=1S/C25H31NO3/c1-17-13-19(3)22(14-18(17)2)24(28)26-11-9-25(10-12-26)16-21(27)15-23(29-25)20-7-5-4-6-8-20/h4-8,13-14,21,23,27H,9-12,15-16H2,1-3H3/t21-,23-/m1/s1. The summed E-state index contributed by atoms with van der Waals surface area (Å²) in [4.78, 5) is 15.1. The molecule has 4 heteroatoms. The van der Waals surface area contributed by atoms with Gasteiger partial charge in [0.05, 0.1) is 17.8 Å². The first-order valence-corrected chi connectivity index (χ1v) is 10.6. The van der Waals surface area contributed by atoms with Crippen LogP contribution in [0.25, 0.3) is 0 Å². The van der Waals surface area contributed by atoms with E-state index in [1.165, 1.54) is 5.56 Å². The zero-order valence-electron chi connectivity index (χ0n) is 17.6. The van der Waals surface area contributed by atoms with Crippen LogP contribution in [-0.4, -0.2) is 40.7 Å². The molecule has 4 rings (SSSR count). The van der Waals surface area contributed by atoms with Crippen LogP contribution in [0.15, 0.2) is 42.5 Å². The Kier molecular flexibility index (Phi) is 5.50. The van der Waals surface area contributed by atoms with Crippen LogP contribution in [0.4, 0.5) is 0 Å². The highest BCUT2D eigenvalue weighted by atomic mass is 16.5. The Balaban J connectivity index is 1.47. The van der Waals surface area contributed by atoms with Gasteiger partial charge < -0.3 is 14.7 Å². The topological polar surface area (TPSA) is 49.8 Å². The monoisotopic (exact) mass is 393 g/mol. The molecule has 2 aromatic rings. The smallest absolute Gasteiger partial charge is 0.254 e. The van der Waals surface area contributed by atoms with Crippen LogP contribution < -0.4 is 0 Å². The first kappa shape index (κ1) is 20.1. The summed E-state index contributed by atoms with van der Waals surface area (Å²) in [5, 5.41) is 10.5. The van der Waals surface area contributed by atoms with Gasteiger partial charge in [0.25, 0.3) is 5.91 Å². The number of aryl methyl sites for hydroxylation is 3. The number of carbonyl (C=O) groups excluding carboxylic acids is 1. The summed E-state index contributed by atoms with van der Waals surface area (Å²) in [5.41, 5.74) is 4.98. The zero-order valence-corrected chi connectivity index (χ0v) is 17.6. The van der Waals surface area contributed by atoms with Crippen molar-refractivity contribution in [3.63, 3.8) is 0 Å². The lowest BCUT2D eigenvalue weighted by Crippen LogP contribution is -2.52. The maximum atomic E-state index is 13.1. The maximum Gasteiger partial charge on any atom is 0.254 e. The highest BCUT2D eigenvalue weighted by Gasteiger charge is 2.44. The highest BCUT2D eigenvalue weighted by molar-refractivity contribution is 5.96. The zero-order chi connectivity index (χ0) is 20.6. The van der Waals surface area contributed by atoms with Crippen molar-refractivity contribution in [3.05, 3.63) is 70.3 Å². The van der Waals surface area contributed by atoms with Crippen LogP contribution in [-0.2, 0) is 4.74 Å². The van der Waals surface area contributed by atoms with Gasteiger partial charge in [0.15, 0.2) is 0 Å². The molecule has 29 heavy (non-hydrogen) atoms. The predicted octanol–water partition coefficient (Wildman–Crippen LogP) is 4.50. The normalized spacial score (nSPS) is 23.9. The van der Waals surface area contributed by atoms with Crippen molar-refractivity contribution < 1.29 is 14.6 Å². The molecule has 0 radical (unpaired) electrons. The molecule has 1 N–H and O–H groups in total. The van der Waals surface area contributed by atoms with Crippen molar-refractivity contribution >= 4 is 5.91 Å². The molecule has 1 amide bonds. The van der Waals surface area contributed by atoms with E-state index < -0.39 is 0 Å². The number of aliphatic hydroxyl groups excluding tert-OH is 1. The van der Waals surface area contributed by atoms with E-state index in [2.05, 4.69) is 32.0 Å². The predicted molar refractivity (Wildman–Crippen MR) is 114 cm³/mol. The van der Waals surface area contributed by atoms with Gasteiger partial charge in [-0.15, -0.1) is 0 Å². The number of amides is 1. The lowest BCUT2D eigenvalue weighted by atomic mass is 9.80. The van der Waals surface area contributed by atoms with Crippen molar-refractivity contribution in [2.75, 3.05) is 13.1 Å². The number of piperidine rings is 1. The lowest BCUT2D eigenvalue weighted by Gasteiger charge is -2.48. The molecule has 154 valence electrons. The minimum atomic E-state index is -0.363. The molecule has 4 nitrogen and oxygen atoms in total. The third-order valence-corrected chi connectivity index (χ3v) is 6.69. The molecule has 2 fully saturated rings. The van der Waals surface area contributed by atoms with Crippen molar-refractivity contribution in [3.8, 4) is 0 Å². The molecular weight excluding hydrogens is 362 g/mol. The lowest BCUT2D eigenvalue weighted by molar-refractivity contribution is -0.181. The Morgan fingerprint density at radius 1 is 1.03 bits per heavy atom. The van der Waals surface area contributed by atoms with E-state index >= 15 is 0 Å². The third-order valence-electron chi connectivity index (χ3n) is 6.69. The number of aliphatic hydroxyl groups is 1. The number of hydrogen-bond acceptors (Lipinski definition) is 3. The van der Waals surface area contributed by atoms with Crippen LogP contribution >= 0.6 is 0 Å². The second kappa shape index (κ2) is 7.92. The molecule has 2 heterocycles. The van der Waals surface area contributed by atoms with E-state index in [4.69, 9.17) is 4.74 Å². The van der Waals surface area contributed by atoms with E-state index in [1.807, 2.05) is 36.1 Å². The first-order valence-electron chi connectivity index (χ1n) is 10.6. The van der Waals surface area contributed by atoms with E-state index in [0.717, 1.165) is 35.1 Å². The van der Waals surface area contributed by atoms with Gasteiger partial charge in [-0.05, 0) is 61.9 Å². The van der Waals surface area contributed by atoms with Crippen molar-refractivity contribution in [1.82, 2.24) is 4.90 Å². The fourth-order valence-corrected chi connectivity index (χ4v) is 4.83. The number of likely N-dealkylation sites (tertiary alicyclic amines) is 1. The summed E-state index contributed by atoms with van der Waals surface area (Å²) in [5.74, 6) is 0.108. The average Bonchev–Trinajstić information content (AvgIpc) is 2.71. The number of hydrogen-bond donors (Lipinski definition) is 1.